The van der Waals surface area contributed by atoms with Gasteiger partial charge in [-0.3, -0.25) is 4.90 Å². The molecule has 0 radical (unpaired) electrons. The van der Waals surface area contributed by atoms with E-state index in [0.717, 1.165) is 13.1 Å². The van der Waals surface area contributed by atoms with Gasteiger partial charge in [-0.15, -0.1) is 0 Å². The molecule has 2 unspecified atom stereocenters. The van der Waals surface area contributed by atoms with Crippen molar-refractivity contribution < 1.29 is 8.42 Å². The summed E-state index contributed by atoms with van der Waals surface area (Å²) in [5.41, 5.74) is 0.200. The van der Waals surface area contributed by atoms with Crippen LogP contribution < -0.4 is 5.32 Å². The van der Waals surface area contributed by atoms with E-state index in [1.807, 2.05) is 0 Å². The summed E-state index contributed by atoms with van der Waals surface area (Å²) in [7, 11) is -2.89. The van der Waals surface area contributed by atoms with Crippen LogP contribution in [0.15, 0.2) is 0 Å². The highest BCUT2D eigenvalue weighted by Gasteiger charge is 2.35. The van der Waals surface area contributed by atoms with E-state index < -0.39 is 9.84 Å². The van der Waals surface area contributed by atoms with Gasteiger partial charge in [-0.05, 0) is 11.3 Å². The number of sulfone groups is 1. The second kappa shape index (κ2) is 6.10. The van der Waals surface area contributed by atoms with Crippen molar-refractivity contribution in [1.29, 1.82) is 0 Å². The number of hydrogen-bond acceptors (Lipinski definition) is 4. The Balaban J connectivity index is 2.74. The predicted molar refractivity (Wildman–Crippen MR) is 81.2 cm³/mol. The molecule has 1 heterocycles. The van der Waals surface area contributed by atoms with Gasteiger partial charge in [-0.2, -0.15) is 0 Å². The monoisotopic (exact) mass is 290 g/mol. The van der Waals surface area contributed by atoms with Gasteiger partial charge in [0, 0.05) is 38.0 Å². The van der Waals surface area contributed by atoms with Gasteiger partial charge in [-0.25, -0.2) is 8.42 Å². The summed E-state index contributed by atoms with van der Waals surface area (Å²) >= 11 is 0. The van der Waals surface area contributed by atoms with E-state index in [2.05, 4.69) is 44.8 Å². The highest BCUT2D eigenvalue weighted by molar-refractivity contribution is 7.90. The molecule has 1 N–H and O–H groups in total. The molecular weight excluding hydrogens is 260 g/mol. The van der Waals surface area contributed by atoms with Crippen LogP contribution in [0.25, 0.3) is 0 Å². The van der Waals surface area contributed by atoms with Gasteiger partial charge in [0.1, 0.15) is 9.84 Å². The van der Waals surface area contributed by atoms with E-state index in [1.54, 1.807) is 0 Å². The Morgan fingerprint density at radius 2 is 1.89 bits per heavy atom. The van der Waals surface area contributed by atoms with Crippen molar-refractivity contribution in [2.45, 2.75) is 46.7 Å². The molecule has 1 rings (SSSR count). The van der Waals surface area contributed by atoms with Gasteiger partial charge in [0.05, 0.1) is 5.75 Å². The van der Waals surface area contributed by atoms with Crippen molar-refractivity contribution in [2.75, 3.05) is 31.6 Å². The topological polar surface area (TPSA) is 49.4 Å². The fraction of sp³-hybridized carbons (Fsp3) is 1.00. The highest BCUT2D eigenvalue weighted by Crippen LogP contribution is 2.25. The zero-order valence-electron chi connectivity index (χ0n) is 13.2. The minimum absolute atomic E-state index is 0.200. The maximum atomic E-state index is 11.4. The summed E-state index contributed by atoms with van der Waals surface area (Å²) in [4.78, 5) is 2.36. The average Bonchev–Trinajstić information content (AvgIpc) is 2.23. The third kappa shape index (κ3) is 5.40. The lowest BCUT2D eigenvalue weighted by molar-refractivity contribution is 0.0684. The van der Waals surface area contributed by atoms with Gasteiger partial charge in [0.15, 0.2) is 0 Å². The molecule has 0 spiro atoms. The molecule has 0 amide bonds. The molecule has 0 bridgehead atoms. The van der Waals surface area contributed by atoms with E-state index in [4.69, 9.17) is 0 Å². The van der Waals surface area contributed by atoms with Crippen LogP contribution >= 0.6 is 0 Å². The third-order valence-corrected chi connectivity index (χ3v) is 4.95. The van der Waals surface area contributed by atoms with E-state index in [-0.39, 0.29) is 11.2 Å². The third-order valence-electron chi connectivity index (χ3n) is 4.02. The zero-order valence-corrected chi connectivity index (χ0v) is 14.0. The second-order valence-corrected chi connectivity index (χ2v) is 9.52. The highest BCUT2D eigenvalue weighted by atomic mass is 32.2. The Kier molecular flexibility index (Phi) is 5.43. The maximum Gasteiger partial charge on any atom is 0.148 e. The summed E-state index contributed by atoms with van der Waals surface area (Å²) in [5.74, 6) is 0.792. The first kappa shape index (κ1) is 16.9. The molecule has 1 aliphatic rings. The standard InChI is InChI=1S/C14H30N2O2S/c1-11(2)12-9-15-13(14(3,4)5)10-16(12)7-8-19(6,17)18/h11-13,15H,7-10H2,1-6H3. The minimum atomic E-state index is -2.89. The lowest BCUT2D eigenvalue weighted by Crippen LogP contribution is -2.62. The van der Waals surface area contributed by atoms with Crippen molar-refractivity contribution in [1.82, 2.24) is 10.2 Å². The van der Waals surface area contributed by atoms with Crippen LogP contribution in [0.3, 0.4) is 0 Å². The molecule has 1 saturated heterocycles. The maximum absolute atomic E-state index is 11.4. The molecule has 1 aliphatic heterocycles. The van der Waals surface area contributed by atoms with Crippen molar-refractivity contribution in [2.24, 2.45) is 11.3 Å². The SMILES string of the molecule is CC(C)C1CNC(C(C)(C)C)CN1CCS(C)(=O)=O. The average molecular weight is 290 g/mol. The molecule has 0 aromatic rings. The van der Waals surface area contributed by atoms with Crippen LogP contribution in [0.4, 0.5) is 0 Å². The quantitative estimate of drug-likeness (QED) is 0.850. The predicted octanol–water partition coefficient (Wildman–Crippen LogP) is 1.38. The minimum Gasteiger partial charge on any atom is -0.311 e. The Morgan fingerprint density at radius 3 is 2.32 bits per heavy atom. The normalized spacial score (nSPS) is 26.9. The Labute approximate surface area is 118 Å². The zero-order chi connectivity index (χ0) is 14.8. The van der Waals surface area contributed by atoms with Crippen LogP contribution in [-0.4, -0.2) is 57.0 Å². The van der Waals surface area contributed by atoms with Crippen LogP contribution in [0, 0.1) is 11.3 Å². The van der Waals surface area contributed by atoms with Crippen molar-refractivity contribution in [3.63, 3.8) is 0 Å². The Hall–Kier alpha value is -0.130. The Bertz CT molecular complexity index is 385. The number of nitrogens with zero attached hydrogens (tertiary/aromatic N) is 1. The number of rotatable bonds is 4. The molecule has 0 aromatic carbocycles. The van der Waals surface area contributed by atoms with Crippen molar-refractivity contribution >= 4 is 9.84 Å². The molecule has 4 nitrogen and oxygen atoms in total. The lowest BCUT2D eigenvalue weighted by Gasteiger charge is -2.46. The molecule has 19 heavy (non-hydrogen) atoms. The van der Waals surface area contributed by atoms with Crippen LogP contribution in [0.5, 0.6) is 0 Å². The molecule has 0 saturated carbocycles. The van der Waals surface area contributed by atoms with Gasteiger partial charge >= 0.3 is 0 Å². The van der Waals surface area contributed by atoms with Gasteiger partial charge < -0.3 is 5.32 Å². The van der Waals surface area contributed by atoms with Gasteiger partial charge in [-0.1, -0.05) is 34.6 Å². The summed E-state index contributed by atoms with van der Waals surface area (Å²) < 4.78 is 22.8. The Morgan fingerprint density at radius 1 is 1.32 bits per heavy atom. The molecule has 0 aromatic heterocycles. The van der Waals surface area contributed by atoms with E-state index >= 15 is 0 Å². The molecule has 5 heteroatoms. The fourth-order valence-electron chi connectivity index (χ4n) is 2.60. The van der Waals surface area contributed by atoms with Crippen LogP contribution in [-0.2, 0) is 9.84 Å². The smallest absolute Gasteiger partial charge is 0.148 e. The van der Waals surface area contributed by atoms with E-state index in [0.29, 0.717) is 24.5 Å². The molecule has 2 atom stereocenters. The van der Waals surface area contributed by atoms with Gasteiger partial charge in [0.2, 0.25) is 0 Å². The van der Waals surface area contributed by atoms with Crippen LogP contribution in [0.1, 0.15) is 34.6 Å². The molecule has 1 fully saturated rings. The first-order valence-corrected chi connectivity index (χ1v) is 9.22. The van der Waals surface area contributed by atoms with Gasteiger partial charge in [0.25, 0.3) is 0 Å². The van der Waals surface area contributed by atoms with Crippen LogP contribution in [0.2, 0.25) is 0 Å². The molecular formula is C14H30N2O2S. The fourth-order valence-corrected chi connectivity index (χ4v) is 3.17. The van der Waals surface area contributed by atoms with Crippen molar-refractivity contribution in [3.8, 4) is 0 Å². The van der Waals surface area contributed by atoms with Crippen molar-refractivity contribution in [3.05, 3.63) is 0 Å². The second-order valence-electron chi connectivity index (χ2n) is 7.26. The summed E-state index contributed by atoms with van der Waals surface area (Å²) in [6, 6.07) is 0.849. The summed E-state index contributed by atoms with van der Waals surface area (Å²) in [6.45, 7) is 13.6. The molecule has 114 valence electrons. The first-order valence-electron chi connectivity index (χ1n) is 7.16. The van der Waals surface area contributed by atoms with E-state index in [9.17, 15) is 8.42 Å². The number of piperazine rings is 1. The van der Waals surface area contributed by atoms with E-state index in [1.165, 1.54) is 6.26 Å². The lowest BCUT2D eigenvalue weighted by atomic mass is 9.83. The molecule has 0 aliphatic carbocycles. The summed E-state index contributed by atoms with van der Waals surface area (Å²) in [5, 5.41) is 3.63. The number of nitrogens with one attached hydrogen (secondary N) is 1. The summed E-state index contributed by atoms with van der Waals surface area (Å²) in [6.07, 6.45) is 1.32. The first-order chi connectivity index (χ1) is 8.50. The number of hydrogen-bond donors (Lipinski definition) is 1. The largest absolute Gasteiger partial charge is 0.311 e.